The molecule has 0 aliphatic heterocycles. The van der Waals surface area contributed by atoms with Crippen molar-refractivity contribution in [1.82, 2.24) is 20.1 Å². The lowest BCUT2D eigenvalue weighted by Gasteiger charge is -2.07. The molecule has 0 radical (unpaired) electrons. The first-order chi connectivity index (χ1) is 9.16. The number of rotatable bonds is 5. The van der Waals surface area contributed by atoms with Gasteiger partial charge < -0.3 is 5.32 Å². The third-order valence-corrected chi connectivity index (χ3v) is 2.82. The Morgan fingerprint density at radius 1 is 1.32 bits per heavy atom. The molecule has 1 heterocycles. The molecule has 2 rings (SSSR count). The van der Waals surface area contributed by atoms with E-state index in [0.717, 1.165) is 12.1 Å². The second-order valence-corrected chi connectivity index (χ2v) is 4.83. The monoisotopic (exact) mass is 258 g/mol. The summed E-state index contributed by atoms with van der Waals surface area (Å²) in [6, 6.07) is 7.29. The predicted molar refractivity (Wildman–Crippen MR) is 73.1 cm³/mol. The number of benzene rings is 1. The lowest BCUT2D eigenvalue weighted by molar-refractivity contribution is 0.0952. The number of nitrogens with zero attached hydrogens (tertiary/aromatic N) is 3. The molecule has 0 aliphatic carbocycles. The fourth-order valence-corrected chi connectivity index (χ4v) is 1.68. The van der Waals surface area contributed by atoms with Crippen LogP contribution in [0.4, 0.5) is 0 Å². The molecule has 19 heavy (non-hydrogen) atoms. The topological polar surface area (TPSA) is 59.8 Å². The van der Waals surface area contributed by atoms with Crippen molar-refractivity contribution in [2.45, 2.75) is 20.3 Å². The summed E-state index contributed by atoms with van der Waals surface area (Å²) in [5.74, 6) is 0.556. The molecule has 0 fully saturated rings. The molecule has 1 amide bonds. The van der Waals surface area contributed by atoms with Gasteiger partial charge in [0.1, 0.15) is 12.7 Å². The van der Waals surface area contributed by atoms with Crippen LogP contribution < -0.4 is 5.32 Å². The van der Waals surface area contributed by atoms with Crippen molar-refractivity contribution in [2.75, 3.05) is 6.54 Å². The van der Waals surface area contributed by atoms with Crippen LogP contribution in [0.15, 0.2) is 36.9 Å². The summed E-state index contributed by atoms with van der Waals surface area (Å²) in [5, 5.41) is 6.95. The summed E-state index contributed by atoms with van der Waals surface area (Å²) in [4.78, 5) is 15.8. The van der Waals surface area contributed by atoms with Gasteiger partial charge in [0, 0.05) is 12.1 Å². The molecule has 0 saturated carbocycles. The van der Waals surface area contributed by atoms with Crippen LogP contribution in [-0.4, -0.2) is 27.2 Å². The van der Waals surface area contributed by atoms with Crippen LogP contribution in [0.3, 0.4) is 0 Å². The van der Waals surface area contributed by atoms with Crippen molar-refractivity contribution in [3.63, 3.8) is 0 Å². The maximum Gasteiger partial charge on any atom is 0.251 e. The Labute approximate surface area is 112 Å². The first kappa shape index (κ1) is 13.3. The molecular weight excluding hydrogens is 240 g/mol. The second-order valence-electron chi connectivity index (χ2n) is 4.83. The number of aromatic nitrogens is 3. The summed E-state index contributed by atoms with van der Waals surface area (Å²) in [6.45, 7) is 4.99. The second kappa shape index (κ2) is 6.13. The molecule has 0 saturated heterocycles. The van der Waals surface area contributed by atoms with Crippen molar-refractivity contribution < 1.29 is 4.79 Å². The molecular formula is C14H18N4O. The molecule has 0 spiro atoms. The van der Waals surface area contributed by atoms with Crippen molar-refractivity contribution >= 4 is 5.91 Å². The Morgan fingerprint density at radius 3 is 2.63 bits per heavy atom. The van der Waals surface area contributed by atoms with Crippen molar-refractivity contribution in [2.24, 2.45) is 5.92 Å². The maximum absolute atomic E-state index is 11.9. The van der Waals surface area contributed by atoms with E-state index in [1.807, 2.05) is 12.1 Å². The van der Waals surface area contributed by atoms with E-state index in [4.69, 9.17) is 0 Å². The summed E-state index contributed by atoms with van der Waals surface area (Å²) in [6.07, 6.45) is 4.09. The zero-order valence-electron chi connectivity index (χ0n) is 11.2. The van der Waals surface area contributed by atoms with E-state index in [-0.39, 0.29) is 5.91 Å². The van der Waals surface area contributed by atoms with E-state index in [9.17, 15) is 4.79 Å². The summed E-state index contributed by atoms with van der Waals surface area (Å²) < 4.78 is 1.65. The third kappa shape index (κ3) is 3.64. The minimum Gasteiger partial charge on any atom is -0.352 e. The van der Waals surface area contributed by atoms with Gasteiger partial charge in [-0.25, -0.2) is 9.67 Å². The Bertz CT molecular complexity index is 517. The molecule has 2 aromatic rings. The number of hydrogen-bond donors (Lipinski definition) is 1. The van der Waals surface area contributed by atoms with E-state index in [1.54, 1.807) is 23.1 Å². The van der Waals surface area contributed by atoms with Crippen LogP contribution in [0.2, 0.25) is 0 Å². The Morgan fingerprint density at radius 2 is 2.05 bits per heavy atom. The minimum absolute atomic E-state index is 0.0363. The molecule has 0 atom stereocenters. The average Bonchev–Trinajstić information content (AvgIpc) is 2.92. The van der Waals surface area contributed by atoms with Crippen molar-refractivity contribution in [3.05, 3.63) is 42.5 Å². The highest BCUT2D eigenvalue weighted by Gasteiger charge is 2.05. The van der Waals surface area contributed by atoms with Gasteiger partial charge in [0.25, 0.3) is 5.91 Å². The van der Waals surface area contributed by atoms with E-state index in [1.165, 1.54) is 6.33 Å². The van der Waals surface area contributed by atoms with E-state index in [0.29, 0.717) is 18.0 Å². The van der Waals surface area contributed by atoms with Crippen LogP contribution in [0, 0.1) is 5.92 Å². The number of amides is 1. The fraction of sp³-hybridized carbons (Fsp3) is 0.357. The molecule has 1 N–H and O–H groups in total. The molecule has 5 heteroatoms. The van der Waals surface area contributed by atoms with Gasteiger partial charge in [-0.3, -0.25) is 4.79 Å². The SMILES string of the molecule is CC(C)CCNC(=O)c1ccc(-n2cncn2)cc1. The lowest BCUT2D eigenvalue weighted by Crippen LogP contribution is -2.25. The molecule has 0 aliphatic rings. The van der Waals surface area contributed by atoms with Crippen molar-refractivity contribution in [1.29, 1.82) is 0 Å². The van der Waals surface area contributed by atoms with Crippen LogP contribution in [0.5, 0.6) is 0 Å². The molecule has 0 unspecified atom stereocenters. The fourth-order valence-electron chi connectivity index (χ4n) is 1.68. The van der Waals surface area contributed by atoms with E-state index in [2.05, 4.69) is 29.2 Å². The van der Waals surface area contributed by atoms with Gasteiger partial charge in [-0.05, 0) is 36.6 Å². The van der Waals surface area contributed by atoms with E-state index >= 15 is 0 Å². The third-order valence-electron chi connectivity index (χ3n) is 2.82. The molecule has 1 aromatic heterocycles. The number of nitrogens with one attached hydrogen (secondary N) is 1. The summed E-state index contributed by atoms with van der Waals surface area (Å²) >= 11 is 0. The number of carbonyl (C=O) groups excluding carboxylic acids is 1. The predicted octanol–water partition coefficient (Wildman–Crippen LogP) is 2.04. The van der Waals surface area contributed by atoms with Crippen LogP contribution >= 0.6 is 0 Å². The van der Waals surface area contributed by atoms with Gasteiger partial charge in [-0.2, -0.15) is 5.10 Å². The van der Waals surface area contributed by atoms with Gasteiger partial charge in [0.05, 0.1) is 5.69 Å². The lowest BCUT2D eigenvalue weighted by atomic mass is 10.1. The Hall–Kier alpha value is -2.17. The van der Waals surface area contributed by atoms with Crippen LogP contribution in [-0.2, 0) is 0 Å². The van der Waals surface area contributed by atoms with Crippen molar-refractivity contribution in [3.8, 4) is 5.69 Å². The van der Waals surface area contributed by atoms with Gasteiger partial charge >= 0.3 is 0 Å². The summed E-state index contributed by atoms with van der Waals surface area (Å²) in [7, 11) is 0. The summed E-state index contributed by atoms with van der Waals surface area (Å²) in [5.41, 5.74) is 1.55. The average molecular weight is 258 g/mol. The largest absolute Gasteiger partial charge is 0.352 e. The van der Waals surface area contributed by atoms with Gasteiger partial charge in [0.2, 0.25) is 0 Å². The Kier molecular flexibility index (Phi) is 4.28. The zero-order chi connectivity index (χ0) is 13.7. The van der Waals surface area contributed by atoms with Crippen LogP contribution in [0.25, 0.3) is 5.69 Å². The van der Waals surface area contributed by atoms with Crippen LogP contribution in [0.1, 0.15) is 30.6 Å². The maximum atomic E-state index is 11.9. The molecule has 1 aromatic carbocycles. The smallest absolute Gasteiger partial charge is 0.251 e. The molecule has 5 nitrogen and oxygen atoms in total. The molecule has 0 bridgehead atoms. The minimum atomic E-state index is -0.0363. The first-order valence-corrected chi connectivity index (χ1v) is 6.40. The highest BCUT2D eigenvalue weighted by Crippen LogP contribution is 2.08. The van der Waals surface area contributed by atoms with Gasteiger partial charge in [-0.1, -0.05) is 13.8 Å². The highest BCUT2D eigenvalue weighted by molar-refractivity contribution is 5.94. The normalized spacial score (nSPS) is 10.7. The van der Waals surface area contributed by atoms with Gasteiger partial charge in [0.15, 0.2) is 0 Å². The quantitative estimate of drug-likeness (QED) is 0.892. The zero-order valence-corrected chi connectivity index (χ0v) is 11.2. The number of hydrogen-bond acceptors (Lipinski definition) is 3. The molecule has 100 valence electrons. The van der Waals surface area contributed by atoms with Gasteiger partial charge in [-0.15, -0.1) is 0 Å². The van der Waals surface area contributed by atoms with E-state index < -0.39 is 0 Å². The standard InChI is InChI=1S/C14H18N4O/c1-11(2)7-8-16-14(19)12-3-5-13(6-4-12)18-10-15-9-17-18/h3-6,9-11H,7-8H2,1-2H3,(H,16,19). The Balaban J connectivity index is 1.96. The number of carbonyl (C=O) groups is 1. The highest BCUT2D eigenvalue weighted by atomic mass is 16.1. The first-order valence-electron chi connectivity index (χ1n) is 6.40.